The lowest BCUT2D eigenvalue weighted by molar-refractivity contribution is -0.318. The van der Waals surface area contributed by atoms with E-state index in [1.54, 1.807) is 41.5 Å². The van der Waals surface area contributed by atoms with Crippen LogP contribution < -0.4 is 5.32 Å². The Bertz CT molecular complexity index is 1760. The molecule has 3 aliphatic heterocycles. The number of carbonyl (C=O) groups excluding carboxylic acids is 3. The van der Waals surface area contributed by atoms with Crippen molar-refractivity contribution in [3.05, 3.63) is 0 Å². The molecule has 1 aliphatic carbocycles. The molecule has 0 radical (unpaired) electrons. The van der Waals surface area contributed by atoms with Gasteiger partial charge in [0.2, 0.25) is 0 Å². The van der Waals surface area contributed by atoms with Gasteiger partial charge in [-0.3, -0.25) is 9.59 Å². The minimum atomic E-state index is -1.97. The zero-order valence-electron chi connectivity index (χ0n) is 48.8. The summed E-state index contributed by atoms with van der Waals surface area (Å²) in [6.07, 6.45) is 4.31. The Kier molecular flexibility index (Phi) is 26.0. The van der Waals surface area contributed by atoms with Gasteiger partial charge < -0.3 is 68.3 Å². The average Bonchev–Trinajstić information content (AvgIpc) is 3.35. The molecule has 0 bridgehead atoms. The highest BCUT2D eigenvalue weighted by Crippen LogP contribution is 2.42. The SMILES string of the molecule is CCCCCCCCNC(=O)O[C@H]1C(O[C@@H]2[C@@H](C)[C@H](O[C@H]3C[C@@](C)(OC)[C@@H](OC(C)=O)[C@H](C)O3)[C@@H](C)C(=O)O[C@H](CC)[C@@](C)(O)[C@H](O)[C@@H](C)/C(=N/OCCCC3CCCCC3)[C@H](C)CC2(C)O)O[C@H](C)C[C@@H]1N(C)C. The third-order valence-corrected chi connectivity index (χ3v) is 16.9. The molecule has 75 heavy (non-hydrogen) atoms. The molecule has 2 unspecified atom stereocenters. The molecule has 3 heterocycles. The van der Waals surface area contributed by atoms with Crippen LogP contribution in [0.4, 0.5) is 4.79 Å². The topological polar surface area (TPSA) is 223 Å². The summed E-state index contributed by atoms with van der Waals surface area (Å²) in [6, 6.07) is -0.360. The van der Waals surface area contributed by atoms with E-state index >= 15 is 0 Å². The number of aliphatic hydroxyl groups is 3. The lowest BCUT2D eigenvalue weighted by Crippen LogP contribution is -2.62. The molecule has 4 N–H and O–H groups in total. The number of rotatable bonds is 21. The van der Waals surface area contributed by atoms with Gasteiger partial charge in [-0.15, -0.1) is 0 Å². The molecule has 3 saturated heterocycles. The second kappa shape index (κ2) is 30.1. The van der Waals surface area contributed by atoms with Crippen LogP contribution in [0.3, 0.4) is 0 Å². The first kappa shape index (κ1) is 64.8. The number of ether oxygens (including phenoxy) is 8. The van der Waals surface area contributed by atoms with Crippen LogP contribution >= 0.6 is 0 Å². The van der Waals surface area contributed by atoms with Crippen molar-refractivity contribution in [1.82, 2.24) is 10.2 Å². The van der Waals surface area contributed by atoms with Crippen LogP contribution in [-0.2, 0) is 52.3 Å². The fourth-order valence-electron chi connectivity index (χ4n) is 12.4. The number of amides is 1. The predicted molar refractivity (Wildman–Crippen MR) is 286 cm³/mol. The molecule has 1 saturated carbocycles. The summed E-state index contributed by atoms with van der Waals surface area (Å²) in [4.78, 5) is 48.9. The van der Waals surface area contributed by atoms with Crippen LogP contribution in [0.25, 0.3) is 0 Å². The van der Waals surface area contributed by atoms with Crippen molar-refractivity contribution in [2.75, 3.05) is 34.4 Å². The second-order valence-corrected chi connectivity index (χ2v) is 23.7. The first-order chi connectivity index (χ1) is 35.3. The number of hydrogen-bond donors (Lipinski definition) is 4. The summed E-state index contributed by atoms with van der Waals surface area (Å²) in [5, 5.41) is 45.4. The van der Waals surface area contributed by atoms with E-state index in [2.05, 4.69) is 12.2 Å². The van der Waals surface area contributed by atoms with E-state index in [9.17, 15) is 29.7 Å². The number of nitrogens with zero attached hydrogens (tertiary/aromatic N) is 2. The van der Waals surface area contributed by atoms with Crippen LogP contribution in [0, 0.1) is 29.6 Å². The number of aliphatic hydroxyl groups excluding tert-OH is 1. The molecule has 4 rings (SSSR count). The maximum atomic E-state index is 14.8. The first-order valence-electron chi connectivity index (χ1n) is 28.8. The Morgan fingerprint density at radius 3 is 2.13 bits per heavy atom. The van der Waals surface area contributed by atoms with E-state index in [0.29, 0.717) is 31.2 Å². The number of cyclic esters (lactones) is 1. The van der Waals surface area contributed by atoms with Crippen molar-refractivity contribution in [2.24, 2.45) is 34.7 Å². The predicted octanol–water partition coefficient (Wildman–Crippen LogP) is 8.61. The third kappa shape index (κ3) is 18.2. The Labute approximate surface area is 450 Å². The van der Waals surface area contributed by atoms with Gasteiger partial charge in [-0.1, -0.05) is 104 Å². The lowest BCUT2D eigenvalue weighted by Gasteiger charge is -2.49. The highest BCUT2D eigenvalue weighted by molar-refractivity contribution is 5.88. The number of unbranched alkanes of at least 4 members (excludes halogenated alkanes) is 5. The molecule has 18 atom stereocenters. The van der Waals surface area contributed by atoms with E-state index in [1.807, 2.05) is 39.8 Å². The van der Waals surface area contributed by atoms with Crippen molar-refractivity contribution >= 4 is 23.7 Å². The molecule has 436 valence electrons. The van der Waals surface area contributed by atoms with Crippen molar-refractivity contribution in [3.8, 4) is 0 Å². The van der Waals surface area contributed by atoms with Gasteiger partial charge in [0.15, 0.2) is 24.8 Å². The van der Waals surface area contributed by atoms with Crippen LogP contribution in [0.15, 0.2) is 5.16 Å². The van der Waals surface area contributed by atoms with Gasteiger partial charge in [0.25, 0.3) is 0 Å². The van der Waals surface area contributed by atoms with Gasteiger partial charge in [0, 0.05) is 44.8 Å². The van der Waals surface area contributed by atoms with E-state index in [0.717, 1.165) is 44.9 Å². The summed E-state index contributed by atoms with van der Waals surface area (Å²) in [5.41, 5.74) is -4.46. The van der Waals surface area contributed by atoms with Crippen LogP contribution in [0.1, 0.15) is 192 Å². The fraction of sp³-hybridized carbons (Fsp3) is 0.930. The highest BCUT2D eigenvalue weighted by atomic mass is 16.7. The van der Waals surface area contributed by atoms with E-state index in [4.69, 9.17) is 47.9 Å². The molecule has 4 fully saturated rings. The number of hydrogen-bond acceptors (Lipinski definition) is 17. The minimum Gasteiger partial charge on any atom is -0.459 e. The minimum absolute atomic E-state index is 0.0132. The molecule has 4 aliphatic rings. The molecular formula is C57H103N3O15. The van der Waals surface area contributed by atoms with Crippen molar-refractivity contribution in [3.63, 3.8) is 0 Å². The zero-order chi connectivity index (χ0) is 55.8. The van der Waals surface area contributed by atoms with Crippen LogP contribution in [0.2, 0.25) is 0 Å². The van der Waals surface area contributed by atoms with E-state index in [-0.39, 0.29) is 31.4 Å². The maximum Gasteiger partial charge on any atom is 0.407 e. The Balaban J connectivity index is 1.84. The number of oxime groups is 1. The van der Waals surface area contributed by atoms with Gasteiger partial charge in [0.1, 0.15) is 23.9 Å². The van der Waals surface area contributed by atoms with Crippen molar-refractivity contribution in [2.45, 2.75) is 276 Å². The quantitative estimate of drug-likeness (QED) is 0.0366. The Morgan fingerprint density at radius 2 is 1.51 bits per heavy atom. The normalized spacial score (nSPS) is 39.4. The number of carbonyl (C=O) groups is 3. The second-order valence-electron chi connectivity index (χ2n) is 23.7. The molecule has 0 aromatic heterocycles. The van der Waals surface area contributed by atoms with Crippen molar-refractivity contribution in [1.29, 1.82) is 0 Å². The van der Waals surface area contributed by atoms with Gasteiger partial charge in [-0.05, 0) is 100 Å². The Morgan fingerprint density at radius 1 is 0.840 bits per heavy atom. The number of esters is 2. The lowest BCUT2D eigenvalue weighted by atomic mass is 9.73. The number of nitrogens with one attached hydrogen (secondary N) is 1. The van der Waals surface area contributed by atoms with Gasteiger partial charge >= 0.3 is 18.0 Å². The van der Waals surface area contributed by atoms with Gasteiger partial charge in [-0.2, -0.15) is 0 Å². The molecule has 0 aromatic carbocycles. The standard InChI is InChI=1S/C57H103N3O15/c1-16-18-19-20-21-25-30-58-54(64)74-48-43(60(13)14)32-36(4)69-53(48)75-50-38(6)47(73-45-34-56(11,67-15)51(40(8)70-45)71-41(9)61)39(7)52(63)72-44(17-2)57(12,66)49(62)37(5)46(35(3)33-55(50,10)65)59-68-31-26-29-42-27-23-22-24-28-42/h35-40,42-45,47-51,53,62,65-66H,16-34H2,1-15H3,(H,58,64)/b59-46+/t35-,36-,37+,38+,39-,40+,43+,44-,45+,47+,48-,49-,50-,51+,53?,55?,56-,57-/m1/s1. The summed E-state index contributed by atoms with van der Waals surface area (Å²) in [7, 11) is 5.33. The smallest absolute Gasteiger partial charge is 0.407 e. The third-order valence-electron chi connectivity index (χ3n) is 16.9. The largest absolute Gasteiger partial charge is 0.459 e. The van der Waals surface area contributed by atoms with Gasteiger partial charge in [0.05, 0.1) is 53.8 Å². The number of methoxy groups -OCH3 is 1. The first-order valence-corrected chi connectivity index (χ1v) is 28.8. The molecule has 18 heteroatoms. The van der Waals surface area contributed by atoms with Gasteiger partial charge in [-0.25, -0.2) is 4.79 Å². The summed E-state index contributed by atoms with van der Waals surface area (Å²) in [6.45, 7) is 21.7. The molecule has 0 aromatic rings. The van der Waals surface area contributed by atoms with Crippen LogP contribution in [-0.4, -0.2) is 163 Å². The highest BCUT2D eigenvalue weighted by Gasteiger charge is 2.55. The van der Waals surface area contributed by atoms with E-state index < -0.39 is 114 Å². The average molecular weight is 1070 g/mol. The molecule has 18 nitrogen and oxygen atoms in total. The summed E-state index contributed by atoms with van der Waals surface area (Å²) < 4.78 is 51.4. The maximum absolute atomic E-state index is 14.8. The molecular weight excluding hydrogens is 967 g/mol. The van der Waals surface area contributed by atoms with Crippen molar-refractivity contribution < 1.29 is 72.4 Å². The Hall–Kier alpha value is -2.68. The summed E-state index contributed by atoms with van der Waals surface area (Å²) in [5.74, 6) is -4.03. The zero-order valence-corrected chi connectivity index (χ0v) is 48.8. The number of alkyl carbamates (subject to hydrolysis) is 1. The molecule has 1 amide bonds. The van der Waals surface area contributed by atoms with Crippen LogP contribution in [0.5, 0.6) is 0 Å². The summed E-state index contributed by atoms with van der Waals surface area (Å²) >= 11 is 0. The molecule has 0 spiro atoms. The fourth-order valence-corrected chi connectivity index (χ4v) is 12.4. The van der Waals surface area contributed by atoms with E-state index in [1.165, 1.54) is 59.5 Å². The number of likely N-dealkylation sites (N-methyl/N-ethyl adjacent to an activating group) is 1. The monoisotopic (exact) mass is 1070 g/mol.